The Labute approximate surface area is 161 Å². The molecule has 0 heterocycles. The van der Waals surface area contributed by atoms with Gasteiger partial charge in [0.05, 0.1) is 4.90 Å². The van der Waals surface area contributed by atoms with Crippen molar-refractivity contribution in [2.75, 3.05) is 12.8 Å². The van der Waals surface area contributed by atoms with Gasteiger partial charge < -0.3 is 11.1 Å². The molecule has 7 heteroatoms. The van der Waals surface area contributed by atoms with E-state index in [1.54, 1.807) is 0 Å². The van der Waals surface area contributed by atoms with E-state index >= 15 is 0 Å². The SMILES string of the molecule is CC(C)c1ccc(C(N)CNC(=O)c2ccc(S(C)(=O)=O)cc2)cc1.Cl. The Bertz CT molecular complexity index is 832. The number of carbonyl (C=O) groups is 1. The zero-order valence-corrected chi connectivity index (χ0v) is 16.7. The summed E-state index contributed by atoms with van der Waals surface area (Å²) in [7, 11) is -3.27. The van der Waals surface area contributed by atoms with Crippen LogP contribution in [-0.2, 0) is 9.84 Å². The van der Waals surface area contributed by atoms with Crippen LogP contribution in [0.5, 0.6) is 0 Å². The second kappa shape index (κ2) is 9.16. The van der Waals surface area contributed by atoms with Crippen molar-refractivity contribution in [3.63, 3.8) is 0 Å². The molecule has 2 aromatic carbocycles. The fourth-order valence-corrected chi connectivity index (χ4v) is 3.03. The Balaban J connectivity index is 0.00000338. The third-order valence-electron chi connectivity index (χ3n) is 4.06. The van der Waals surface area contributed by atoms with E-state index in [9.17, 15) is 13.2 Å². The lowest BCUT2D eigenvalue weighted by atomic mass is 9.99. The molecular formula is C19H25ClN2O3S. The maximum absolute atomic E-state index is 12.2. The summed E-state index contributed by atoms with van der Waals surface area (Å²) < 4.78 is 22.9. The van der Waals surface area contributed by atoms with Crippen LogP contribution in [0.25, 0.3) is 0 Å². The number of rotatable bonds is 6. The van der Waals surface area contributed by atoms with Crippen LogP contribution in [0.15, 0.2) is 53.4 Å². The van der Waals surface area contributed by atoms with Gasteiger partial charge in [-0.15, -0.1) is 12.4 Å². The molecule has 1 atom stereocenters. The Hall–Kier alpha value is -1.89. The molecule has 142 valence electrons. The fraction of sp³-hybridized carbons (Fsp3) is 0.316. The Morgan fingerprint density at radius 1 is 1.00 bits per heavy atom. The first-order valence-corrected chi connectivity index (χ1v) is 10.0. The second-order valence-corrected chi connectivity index (χ2v) is 8.45. The molecule has 0 bridgehead atoms. The normalized spacial score (nSPS) is 12.3. The third-order valence-corrected chi connectivity index (χ3v) is 5.19. The van der Waals surface area contributed by atoms with Crippen LogP contribution in [0.2, 0.25) is 0 Å². The fourth-order valence-electron chi connectivity index (χ4n) is 2.40. The quantitative estimate of drug-likeness (QED) is 0.785. The Morgan fingerprint density at radius 2 is 1.50 bits per heavy atom. The van der Waals surface area contributed by atoms with E-state index in [-0.39, 0.29) is 29.3 Å². The van der Waals surface area contributed by atoms with E-state index in [2.05, 4.69) is 19.2 Å². The zero-order chi connectivity index (χ0) is 18.6. The molecule has 0 aliphatic carbocycles. The van der Waals surface area contributed by atoms with E-state index in [4.69, 9.17) is 5.73 Å². The lowest BCUT2D eigenvalue weighted by Crippen LogP contribution is -2.31. The Kier molecular flexibility index (Phi) is 7.81. The van der Waals surface area contributed by atoms with Crippen molar-refractivity contribution in [3.05, 3.63) is 65.2 Å². The van der Waals surface area contributed by atoms with Crippen molar-refractivity contribution in [1.29, 1.82) is 0 Å². The molecule has 2 rings (SSSR count). The van der Waals surface area contributed by atoms with Crippen LogP contribution in [-0.4, -0.2) is 27.1 Å². The number of hydrogen-bond donors (Lipinski definition) is 2. The van der Waals surface area contributed by atoms with Gasteiger partial charge in [0.25, 0.3) is 5.91 Å². The van der Waals surface area contributed by atoms with Gasteiger partial charge >= 0.3 is 0 Å². The van der Waals surface area contributed by atoms with Crippen molar-refractivity contribution in [1.82, 2.24) is 5.32 Å². The van der Waals surface area contributed by atoms with Gasteiger partial charge in [-0.05, 0) is 41.3 Å². The highest BCUT2D eigenvalue weighted by Gasteiger charge is 2.12. The van der Waals surface area contributed by atoms with Gasteiger partial charge in [-0.25, -0.2) is 8.42 Å². The molecule has 0 saturated heterocycles. The summed E-state index contributed by atoms with van der Waals surface area (Å²) in [4.78, 5) is 12.4. The van der Waals surface area contributed by atoms with E-state index in [0.717, 1.165) is 11.8 Å². The number of carbonyl (C=O) groups excluding carboxylic acids is 1. The minimum Gasteiger partial charge on any atom is -0.350 e. The lowest BCUT2D eigenvalue weighted by molar-refractivity contribution is 0.0951. The maximum Gasteiger partial charge on any atom is 0.251 e. The summed E-state index contributed by atoms with van der Waals surface area (Å²) in [5.74, 6) is 0.175. The minimum absolute atomic E-state index is 0. The number of nitrogens with two attached hydrogens (primary N) is 1. The molecular weight excluding hydrogens is 372 g/mol. The molecule has 0 aliphatic rings. The zero-order valence-electron chi connectivity index (χ0n) is 15.1. The highest BCUT2D eigenvalue weighted by atomic mass is 35.5. The van der Waals surface area contributed by atoms with Crippen LogP contribution in [0, 0.1) is 0 Å². The van der Waals surface area contributed by atoms with Gasteiger partial charge in [0.2, 0.25) is 0 Å². The summed E-state index contributed by atoms with van der Waals surface area (Å²) >= 11 is 0. The van der Waals surface area contributed by atoms with E-state index in [1.165, 1.54) is 29.8 Å². The predicted octanol–water partition coefficient (Wildman–Crippen LogP) is 3.07. The summed E-state index contributed by atoms with van der Waals surface area (Å²) in [6.45, 7) is 4.56. The predicted molar refractivity (Wildman–Crippen MR) is 107 cm³/mol. The highest BCUT2D eigenvalue weighted by molar-refractivity contribution is 7.90. The van der Waals surface area contributed by atoms with Crippen molar-refractivity contribution in [3.8, 4) is 0 Å². The molecule has 5 nitrogen and oxygen atoms in total. The molecule has 26 heavy (non-hydrogen) atoms. The number of nitrogens with one attached hydrogen (secondary N) is 1. The molecule has 3 N–H and O–H groups in total. The first kappa shape index (κ1) is 22.2. The standard InChI is InChI=1S/C19H24N2O3S.ClH/c1-13(2)14-4-6-15(7-5-14)18(20)12-21-19(22)16-8-10-17(11-9-16)25(3,23)24;/h4-11,13,18H,12,20H2,1-3H3,(H,21,22);1H. The molecule has 0 fully saturated rings. The van der Waals surface area contributed by atoms with Crippen LogP contribution in [0.3, 0.4) is 0 Å². The first-order valence-electron chi connectivity index (χ1n) is 8.12. The van der Waals surface area contributed by atoms with Crippen LogP contribution < -0.4 is 11.1 Å². The molecule has 1 unspecified atom stereocenters. The number of halogens is 1. The van der Waals surface area contributed by atoms with Crippen molar-refractivity contribution in [2.45, 2.75) is 30.7 Å². The van der Waals surface area contributed by atoms with Gasteiger partial charge in [-0.3, -0.25) is 4.79 Å². The molecule has 2 aromatic rings. The summed E-state index contributed by atoms with van der Waals surface area (Å²) in [6, 6.07) is 13.6. The summed E-state index contributed by atoms with van der Waals surface area (Å²) in [5, 5.41) is 2.78. The van der Waals surface area contributed by atoms with Crippen LogP contribution in [0.4, 0.5) is 0 Å². The highest BCUT2D eigenvalue weighted by Crippen LogP contribution is 2.17. The average Bonchev–Trinajstić information content (AvgIpc) is 2.58. The van der Waals surface area contributed by atoms with Crippen LogP contribution >= 0.6 is 12.4 Å². The number of hydrogen-bond acceptors (Lipinski definition) is 4. The van der Waals surface area contributed by atoms with E-state index in [0.29, 0.717) is 18.0 Å². The largest absolute Gasteiger partial charge is 0.350 e. The minimum atomic E-state index is -3.27. The van der Waals surface area contributed by atoms with E-state index < -0.39 is 9.84 Å². The number of sulfone groups is 1. The number of benzene rings is 2. The van der Waals surface area contributed by atoms with Gasteiger partial charge in [0.1, 0.15) is 0 Å². The van der Waals surface area contributed by atoms with Crippen LogP contribution in [0.1, 0.15) is 47.3 Å². The van der Waals surface area contributed by atoms with Gasteiger partial charge in [-0.1, -0.05) is 38.1 Å². The van der Waals surface area contributed by atoms with E-state index in [1.807, 2.05) is 24.3 Å². The van der Waals surface area contributed by atoms with Gasteiger partial charge in [-0.2, -0.15) is 0 Å². The van der Waals surface area contributed by atoms with Crippen molar-refractivity contribution in [2.24, 2.45) is 5.73 Å². The Morgan fingerprint density at radius 3 is 1.96 bits per heavy atom. The van der Waals surface area contributed by atoms with Gasteiger partial charge in [0.15, 0.2) is 9.84 Å². The molecule has 0 radical (unpaired) electrons. The third kappa shape index (κ3) is 5.83. The monoisotopic (exact) mass is 396 g/mol. The topological polar surface area (TPSA) is 89.3 Å². The average molecular weight is 397 g/mol. The molecule has 0 aliphatic heterocycles. The smallest absolute Gasteiger partial charge is 0.251 e. The molecule has 1 amide bonds. The maximum atomic E-state index is 12.2. The molecule has 0 spiro atoms. The van der Waals surface area contributed by atoms with Crippen molar-refractivity contribution < 1.29 is 13.2 Å². The van der Waals surface area contributed by atoms with Crippen molar-refractivity contribution >= 4 is 28.2 Å². The molecule has 0 aromatic heterocycles. The summed E-state index contributed by atoms with van der Waals surface area (Å²) in [5.41, 5.74) is 8.73. The van der Waals surface area contributed by atoms with Gasteiger partial charge in [0, 0.05) is 24.4 Å². The first-order chi connectivity index (χ1) is 11.7. The molecule has 0 saturated carbocycles. The summed E-state index contributed by atoms with van der Waals surface area (Å²) in [6.07, 6.45) is 1.13. The number of amides is 1. The second-order valence-electron chi connectivity index (χ2n) is 6.43. The lowest BCUT2D eigenvalue weighted by Gasteiger charge is -2.15.